The lowest BCUT2D eigenvalue weighted by molar-refractivity contribution is 0.0963. The third kappa shape index (κ3) is 2.93. The monoisotopic (exact) mass is 305 g/mol. The molecule has 0 atom stereocenters. The molecule has 3 rings (SSSR count). The minimum Gasteiger partial charge on any atom is -0.397 e. The van der Waals surface area contributed by atoms with Crippen LogP contribution in [0.25, 0.3) is 0 Å². The summed E-state index contributed by atoms with van der Waals surface area (Å²) in [4.78, 5) is 15.4. The van der Waals surface area contributed by atoms with Gasteiger partial charge in [0.05, 0.1) is 10.7 Å². The molecule has 1 amide bonds. The topological polar surface area (TPSA) is 58.4 Å². The smallest absolute Gasteiger partial charge is 0.263 e. The van der Waals surface area contributed by atoms with Gasteiger partial charge in [0.25, 0.3) is 5.91 Å². The fourth-order valence-corrected chi connectivity index (χ4v) is 4.23. The van der Waals surface area contributed by atoms with Crippen LogP contribution in [0, 0.1) is 0 Å². The maximum absolute atomic E-state index is 12.3. The molecule has 2 heterocycles. The zero-order valence-electron chi connectivity index (χ0n) is 12.4. The van der Waals surface area contributed by atoms with E-state index in [4.69, 9.17) is 5.73 Å². The fourth-order valence-electron chi connectivity index (χ4n) is 2.96. The van der Waals surface area contributed by atoms with Crippen molar-refractivity contribution in [3.63, 3.8) is 0 Å². The quantitative estimate of drug-likeness (QED) is 0.822. The molecule has 1 aliphatic carbocycles. The zero-order chi connectivity index (χ0) is 14.8. The highest BCUT2D eigenvalue weighted by molar-refractivity contribution is 7.18. The molecule has 4 nitrogen and oxygen atoms in total. The van der Waals surface area contributed by atoms with Crippen molar-refractivity contribution in [3.8, 4) is 0 Å². The molecule has 0 radical (unpaired) electrons. The summed E-state index contributed by atoms with van der Waals surface area (Å²) in [6.45, 7) is 6.29. The number of hydrogen-bond acceptors (Lipinski definition) is 4. The van der Waals surface area contributed by atoms with Gasteiger partial charge in [-0.3, -0.25) is 4.79 Å². The van der Waals surface area contributed by atoms with E-state index < -0.39 is 0 Å². The van der Waals surface area contributed by atoms with Gasteiger partial charge in [0.15, 0.2) is 0 Å². The summed E-state index contributed by atoms with van der Waals surface area (Å²) >= 11 is 1.57. The molecule has 2 fully saturated rings. The van der Waals surface area contributed by atoms with Crippen LogP contribution in [0.4, 0.5) is 10.7 Å². The first kappa shape index (κ1) is 14.4. The highest BCUT2D eigenvalue weighted by Gasteiger charge is 2.34. The predicted molar refractivity (Wildman–Crippen MR) is 89.3 cm³/mol. The van der Waals surface area contributed by atoms with Crippen molar-refractivity contribution < 1.29 is 4.79 Å². The van der Waals surface area contributed by atoms with Crippen LogP contribution in [-0.4, -0.2) is 25.5 Å². The Bertz CT molecular complexity index is 542. The number of amides is 1. The number of nitrogens with zero attached hydrogens (tertiary/aromatic N) is 1. The first-order chi connectivity index (χ1) is 10.2. The van der Waals surface area contributed by atoms with E-state index in [-0.39, 0.29) is 5.91 Å². The third-order valence-corrected chi connectivity index (χ3v) is 5.49. The number of nitrogens with one attached hydrogen (secondary N) is 1. The van der Waals surface area contributed by atoms with Crippen molar-refractivity contribution in [2.75, 3.05) is 30.3 Å². The molecule has 1 saturated heterocycles. The summed E-state index contributed by atoms with van der Waals surface area (Å²) in [5.74, 6) is 0.502. The highest BCUT2D eigenvalue weighted by Crippen LogP contribution is 2.52. The van der Waals surface area contributed by atoms with Gasteiger partial charge < -0.3 is 16.0 Å². The normalized spacial score (nSPS) is 18.6. The first-order valence-electron chi connectivity index (χ1n) is 7.78. The molecule has 3 N–H and O–H groups in total. The van der Waals surface area contributed by atoms with Crippen molar-refractivity contribution in [1.82, 2.24) is 5.32 Å². The second-order valence-corrected chi connectivity index (χ2v) is 6.88. The zero-order valence-corrected chi connectivity index (χ0v) is 13.2. The molecule has 114 valence electrons. The maximum Gasteiger partial charge on any atom is 0.263 e. The molecule has 1 saturated carbocycles. The molecule has 0 unspecified atom stereocenters. The lowest BCUT2D eigenvalue weighted by Gasteiger charge is -2.28. The van der Waals surface area contributed by atoms with Gasteiger partial charge in [-0.05, 0) is 38.0 Å². The Hall–Kier alpha value is -1.49. The van der Waals surface area contributed by atoms with Gasteiger partial charge in [0, 0.05) is 25.2 Å². The molecular weight excluding hydrogens is 282 g/mol. The first-order valence-corrected chi connectivity index (χ1v) is 8.60. The van der Waals surface area contributed by atoms with Crippen LogP contribution in [0.5, 0.6) is 0 Å². The molecule has 0 aromatic carbocycles. The number of nitrogens with two attached hydrogens (primary N) is 1. The van der Waals surface area contributed by atoms with Gasteiger partial charge in [0.1, 0.15) is 4.88 Å². The molecule has 21 heavy (non-hydrogen) atoms. The van der Waals surface area contributed by atoms with E-state index in [0.717, 1.165) is 13.1 Å². The minimum atomic E-state index is -0.0671. The van der Waals surface area contributed by atoms with Crippen molar-refractivity contribution in [2.24, 2.45) is 0 Å². The predicted octanol–water partition coefficient (Wildman–Crippen LogP) is 3.11. The lowest BCUT2D eigenvalue weighted by atomic mass is 10.1. The number of rotatable bonds is 5. The molecular formula is C16H23N3OS. The van der Waals surface area contributed by atoms with Gasteiger partial charge >= 0.3 is 0 Å². The summed E-state index contributed by atoms with van der Waals surface area (Å²) in [7, 11) is 0. The number of nitrogen functional groups attached to an aromatic ring is 1. The van der Waals surface area contributed by atoms with Crippen molar-refractivity contribution in [3.05, 3.63) is 23.1 Å². The SMILES string of the molecule is C=CCNC(=O)c1sc(N2CCCCC2)c(C2CC2)c1N. The van der Waals surface area contributed by atoms with E-state index in [2.05, 4.69) is 16.8 Å². The van der Waals surface area contributed by atoms with Gasteiger partial charge in [-0.15, -0.1) is 17.9 Å². The average Bonchev–Trinajstić information content (AvgIpc) is 3.29. The summed E-state index contributed by atoms with van der Waals surface area (Å²) in [6.07, 6.45) is 7.88. The number of carbonyl (C=O) groups excluding carboxylic acids is 1. The van der Waals surface area contributed by atoms with Crippen molar-refractivity contribution in [2.45, 2.75) is 38.0 Å². The van der Waals surface area contributed by atoms with Gasteiger partial charge in [-0.25, -0.2) is 0 Å². The van der Waals surface area contributed by atoms with Crippen molar-refractivity contribution >= 4 is 27.9 Å². The molecule has 0 spiro atoms. The lowest BCUT2D eigenvalue weighted by Crippen LogP contribution is -2.29. The van der Waals surface area contributed by atoms with E-state index in [1.807, 2.05) is 0 Å². The van der Waals surface area contributed by atoms with E-state index >= 15 is 0 Å². The van der Waals surface area contributed by atoms with Crippen LogP contribution in [0.2, 0.25) is 0 Å². The molecule has 1 aromatic heterocycles. The van der Waals surface area contributed by atoms with E-state index in [1.54, 1.807) is 17.4 Å². The molecule has 0 bridgehead atoms. The van der Waals surface area contributed by atoms with Crippen molar-refractivity contribution in [1.29, 1.82) is 0 Å². The Morgan fingerprint density at radius 1 is 1.38 bits per heavy atom. The van der Waals surface area contributed by atoms with E-state index in [9.17, 15) is 4.79 Å². The van der Waals surface area contributed by atoms with Gasteiger partial charge in [0.2, 0.25) is 0 Å². The molecule has 5 heteroatoms. The molecule has 2 aliphatic rings. The average molecular weight is 305 g/mol. The Labute approximate surface area is 130 Å². The Kier molecular flexibility index (Phi) is 4.19. The highest BCUT2D eigenvalue weighted by atomic mass is 32.1. The number of piperidine rings is 1. The number of hydrogen-bond donors (Lipinski definition) is 2. The van der Waals surface area contributed by atoms with E-state index in [1.165, 1.54) is 42.7 Å². The Morgan fingerprint density at radius 2 is 2.10 bits per heavy atom. The number of thiophene rings is 1. The van der Waals surface area contributed by atoms with Crippen LogP contribution in [0.15, 0.2) is 12.7 Å². The molecule has 1 aromatic rings. The van der Waals surface area contributed by atoms with E-state index in [0.29, 0.717) is 23.0 Å². The number of anilines is 2. The maximum atomic E-state index is 12.3. The van der Waals surface area contributed by atoms with Crippen LogP contribution < -0.4 is 16.0 Å². The minimum absolute atomic E-state index is 0.0671. The summed E-state index contributed by atoms with van der Waals surface area (Å²) in [5, 5.41) is 4.10. The molecule has 1 aliphatic heterocycles. The number of carbonyl (C=O) groups is 1. The standard InChI is InChI=1S/C16H23N3OS/c1-2-8-18-15(20)14-13(17)12(11-6-7-11)16(21-14)19-9-4-3-5-10-19/h2,11H,1,3-10,17H2,(H,18,20). The Balaban J connectivity index is 1.91. The Morgan fingerprint density at radius 3 is 2.71 bits per heavy atom. The second-order valence-electron chi connectivity index (χ2n) is 5.88. The van der Waals surface area contributed by atoms with Gasteiger partial charge in [-0.2, -0.15) is 0 Å². The summed E-state index contributed by atoms with van der Waals surface area (Å²) in [5.41, 5.74) is 8.28. The van der Waals surface area contributed by atoms with Crippen LogP contribution >= 0.6 is 11.3 Å². The largest absolute Gasteiger partial charge is 0.397 e. The van der Waals surface area contributed by atoms with Crippen LogP contribution in [0.1, 0.15) is 53.3 Å². The summed E-state index contributed by atoms with van der Waals surface area (Å²) < 4.78 is 0. The fraction of sp³-hybridized carbons (Fsp3) is 0.562. The van der Waals surface area contributed by atoms with Gasteiger partial charge in [-0.1, -0.05) is 6.08 Å². The summed E-state index contributed by atoms with van der Waals surface area (Å²) in [6, 6.07) is 0. The van der Waals surface area contributed by atoms with Crippen LogP contribution in [0.3, 0.4) is 0 Å². The second kappa shape index (κ2) is 6.10. The third-order valence-electron chi connectivity index (χ3n) is 4.21. The van der Waals surface area contributed by atoms with Crippen LogP contribution in [-0.2, 0) is 0 Å².